The highest BCUT2D eigenvalue weighted by Gasteiger charge is 2.24. The van der Waals surface area contributed by atoms with E-state index in [1.165, 1.54) is 58.0 Å². The molecule has 1 aliphatic heterocycles. The number of ether oxygens (including phenoxy) is 1. The van der Waals surface area contributed by atoms with Gasteiger partial charge in [-0.1, -0.05) is 24.3 Å². The van der Waals surface area contributed by atoms with Crippen LogP contribution in [0.4, 0.5) is 0 Å². The molecular formula is C19H28N2O2. The minimum absolute atomic E-state index is 0.181. The largest absolute Gasteiger partial charge is 0.469 e. The summed E-state index contributed by atoms with van der Waals surface area (Å²) < 4.78 is 4.70. The van der Waals surface area contributed by atoms with E-state index < -0.39 is 0 Å². The molecule has 1 aromatic rings. The normalized spacial score (nSPS) is 19.7. The highest BCUT2D eigenvalue weighted by Crippen LogP contribution is 2.22. The molecule has 1 saturated carbocycles. The van der Waals surface area contributed by atoms with Crippen molar-refractivity contribution in [2.24, 2.45) is 5.92 Å². The van der Waals surface area contributed by atoms with Crippen molar-refractivity contribution in [3.63, 3.8) is 0 Å². The van der Waals surface area contributed by atoms with E-state index in [9.17, 15) is 4.79 Å². The molecule has 2 aliphatic rings. The van der Waals surface area contributed by atoms with E-state index >= 15 is 0 Å². The second-order valence-corrected chi connectivity index (χ2v) is 6.97. The van der Waals surface area contributed by atoms with Crippen LogP contribution in [0, 0.1) is 5.92 Å². The molecule has 4 nitrogen and oxygen atoms in total. The quantitative estimate of drug-likeness (QED) is 0.784. The molecular weight excluding hydrogens is 288 g/mol. The summed E-state index contributed by atoms with van der Waals surface area (Å²) in [5, 5.41) is 3.66. The summed E-state index contributed by atoms with van der Waals surface area (Å²) in [6.07, 6.45) is 5.73. The Kier molecular flexibility index (Phi) is 5.68. The Morgan fingerprint density at radius 2 is 1.78 bits per heavy atom. The van der Waals surface area contributed by atoms with Crippen LogP contribution in [-0.2, 0) is 22.5 Å². The lowest BCUT2D eigenvalue weighted by molar-refractivity contribution is -0.139. The van der Waals surface area contributed by atoms with Gasteiger partial charge in [0.15, 0.2) is 0 Å². The molecule has 0 atom stereocenters. The molecule has 126 valence electrons. The number of benzene rings is 1. The van der Waals surface area contributed by atoms with Gasteiger partial charge in [-0.25, -0.2) is 0 Å². The van der Waals surface area contributed by atoms with Crippen molar-refractivity contribution in [3.05, 3.63) is 35.4 Å². The second-order valence-electron chi connectivity index (χ2n) is 6.97. The van der Waals surface area contributed by atoms with E-state index in [1.54, 1.807) is 0 Å². The maximum absolute atomic E-state index is 11.3. The van der Waals surface area contributed by atoms with Gasteiger partial charge >= 0.3 is 5.97 Å². The molecule has 0 radical (unpaired) electrons. The summed E-state index contributed by atoms with van der Waals surface area (Å²) in [5.41, 5.74) is 2.35. The molecule has 0 amide bonds. The molecule has 2 fully saturated rings. The first-order valence-electron chi connectivity index (χ1n) is 8.83. The minimum atomic E-state index is -0.181. The number of piperidine rings is 1. The average Bonchev–Trinajstić information content (AvgIpc) is 3.40. The van der Waals surface area contributed by atoms with Gasteiger partial charge in [-0.05, 0) is 62.4 Å². The molecule has 0 bridgehead atoms. The Labute approximate surface area is 139 Å². The molecule has 0 spiro atoms. The van der Waals surface area contributed by atoms with Gasteiger partial charge in [-0.15, -0.1) is 0 Å². The zero-order valence-electron chi connectivity index (χ0n) is 14.1. The Bertz CT molecular complexity index is 503. The monoisotopic (exact) mass is 316 g/mol. The van der Waals surface area contributed by atoms with Crippen LogP contribution in [0.3, 0.4) is 0 Å². The van der Waals surface area contributed by atoms with Crippen molar-refractivity contribution in [2.45, 2.75) is 44.7 Å². The summed E-state index contributed by atoms with van der Waals surface area (Å²) in [4.78, 5) is 13.8. The van der Waals surface area contributed by atoms with Crippen LogP contribution in [0.25, 0.3) is 0 Å². The first kappa shape index (κ1) is 16.5. The molecule has 3 rings (SSSR count). The van der Waals surface area contributed by atoms with Gasteiger partial charge in [0, 0.05) is 12.6 Å². The SMILES string of the molecule is COC(=O)Cc1ccc(CN2CCC(CNC3CC3)CC2)cc1. The van der Waals surface area contributed by atoms with Gasteiger partial charge < -0.3 is 10.1 Å². The van der Waals surface area contributed by atoms with Crippen LogP contribution in [0.1, 0.15) is 36.8 Å². The van der Waals surface area contributed by atoms with Gasteiger partial charge in [0.25, 0.3) is 0 Å². The van der Waals surface area contributed by atoms with Crippen molar-refractivity contribution in [1.29, 1.82) is 0 Å². The smallest absolute Gasteiger partial charge is 0.309 e. The number of likely N-dealkylation sites (tertiary alicyclic amines) is 1. The molecule has 1 aromatic carbocycles. The maximum Gasteiger partial charge on any atom is 0.309 e. The minimum Gasteiger partial charge on any atom is -0.469 e. The van der Waals surface area contributed by atoms with Crippen molar-refractivity contribution in [2.75, 3.05) is 26.7 Å². The summed E-state index contributed by atoms with van der Waals surface area (Å²) in [6, 6.07) is 9.19. The summed E-state index contributed by atoms with van der Waals surface area (Å²) in [5.74, 6) is 0.675. The maximum atomic E-state index is 11.3. The lowest BCUT2D eigenvalue weighted by Gasteiger charge is -2.32. The Morgan fingerprint density at radius 3 is 2.39 bits per heavy atom. The molecule has 1 aliphatic carbocycles. The van der Waals surface area contributed by atoms with E-state index in [0.29, 0.717) is 6.42 Å². The number of nitrogens with zero attached hydrogens (tertiary/aromatic N) is 1. The standard InChI is InChI=1S/C19H28N2O2/c1-23-19(22)12-15-2-4-17(5-3-15)14-21-10-8-16(9-11-21)13-20-18-6-7-18/h2-5,16,18,20H,6-14H2,1H3. The first-order chi connectivity index (χ1) is 11.2. The zero-order valence-corrected chi connectivity index (χ0v) is 14.1. The molecule has 1 heterocycles. The van der Waals surface area contributed by atoms with Crippen LogP contribution in [0.2, 0.25) is 0 Å². The molecule has 0 aromatic heterocycles. The fraction of sp³-hybridized carbons (Fsp3) is 0.632. The van der Waals surface area contributed by atoms with Gasteiger partial charge in [-0.3, -0.25) is 9.69 Å². The predicted molar refractivity (Wildman–Crippen MR) is 91.2 cm³/mol. The molecule has 4 heteroatoms. The lowest BCUT2D eigenvalue weighted by atomic mass is 9.96. The van der Waals surface area contributed by atoms with Crippen LogP contribution in [-0.4, -0.2) is 43.7 Å². The number of esters is 1. The third-order valence-electron chi connectivity index (χ3n) is 4.98. The second kappa shape index (κ2) is 7.93. The predicted octanol–water partition coefficient (Wildman–Crippen LogP) is 2.37. The van der Waals surface area contributed by atoms with Gasteiger partial charge in [0.05, 0.1) is 13.5 Å². The summed E-state index contributed by atoms with van der Waals surface area (Å²) >= 11 is 0. The third-order valence-corrected chi connectivity index (χ3v) is 4.98. The van der Waals surface area contributed by atoms with E-state index in [4.69, 9.17) is 4.74 Å². The van der Waals surface area contributed by atoms with E-state index in [-0.39, 0.29) is 5.97 Å². The topological polar surface area (TPSA) is 41.6 Å². The lowest BCUT2D eigenvalue weighted by Crippen LogP contribution is -2.37. The number of hydrogen-bond donors (Lipinski definition) is 1. The zero-order chi connectivity index (χ0) is 16.1. The molecule has 1 saturated heterocycles. The average molecular weight is 316 g/mol. The van der Waals surface area contributed by atoms with Gasteiger partial charge in [0.1, 0.15) is 0 Å². The van der Waals surface area contributed by atoms with Crippen molar-refractivity contribution in [1.82, 2.24) is 10.2 Å². The number of rotatable bonds is 7. The van der Waals surface area contributed by atoms with E-state index in [0.717, 1.165) is 24.1 Å². The van der Waals surface area contributed by atoms with Gasteiger partial charge in [0.2, 0.25) is 0 Å². The molecule has 23 heavy (non-hydrogen) atoms. The third kappa shape index (κ3) is 5.33. The first-order valence-corrected chi connectivity index (χ1v) is 8.83. The number of carbonyl (C=O) groups excluding carboxylic acids is 1. The fourth-order valence-corrected chi connectivity index (χ4v) is 3.23. The Hall–Kier alpha value is -1.39. The number of hydrogen-bond acceptors (Lipinski definition) is 4. The van der Waals surface area contributed by atoms with E-state index in [2.05, 4.69) is 22.3 Å². The number of carbonyl (C=O) groups is 1. The van der Waals surface area contributed by atoms with Crippen LogP contribution >= 0.6 is 0 Å². The molecule has 0 unspecified atom stereocenters. The Balaban J connectivity index is 1.40. The van der Waals surface area contributed by atoms with Crippen LogP contribution in [0.15, 0.2) is 24.3 Å². The summed E-state index contributed by atoms with van der Waals surface area (Å²) in [7, 11) is 1.43. The van der Waals surface area contributed by atoms with Crippen LogP contribution < -0.4 is 5.32 Å². The number of methoxy groups -OCH3 is 1. The van der Waals surface area contributed by atoms with Crippen molar-refractivity contribution in [3.8, 4) is 0 Å². The van der Waals surface area contributed by atoms with Gasteiger partial charge in [-0.2, -0.15) is 0 Å². The number of nitrogens with one attached hydrogen (secondary N) is 1. The highest BCUT2D eigenvalue weighted by atomic mass is 16.5. The molecule has 1 N–H and O–H groups in total. The van der Waals surface area contributed by atoms with Crippen molar-refractivity contribution >= 4 is 5.97 Å². The fourth-order valence-electron chi connectivity index (χ4n) is 3.23. The summed E-state index contributed by atoms with van der Waals surface area (Å²) in [6.45, 7) is 4.61. The highest BCUT2D eigenvalue weighted by molar-refractivity contribution is 5.72. The van der Waals surface area contributed by atoms with E-state index in [1.807, 2.05) is 12.1 Å². The van der Waals surface area contributed by atoms with Crippen molar-refractivity contribution < 1.29 is 9.53 Å². The Morgan fingerprint density at radius 1 is 1.13 bits per heavy atom. The van der Waals surface area contributed by atoms with Crippen LogP contribution in [0.5, 0.6) is 0 Å².